The van der Waals surface area contributed by atoms with Crippen LogP contribution < -0.4 is 11.1 Å². The lowest BCUT2D eigenvalue weighted by Crippen LogP contribution is -2.45. The number of benzene rings is 2. The number of fused-ring (bicyclic) bond motifs is 1. The highest BCUT2D eigenvalue weighted by atomic mass is 16.4. The van der Waals surface area contributed by atoms with Crippen molar-refractivity contribution in [2.24, 2.45) is 5.73 Å². The number of aromatic nitrogens is 1. The Hall–Kier alpha value is -3.74. The average Bonchev–Trinajstić information content (AvgIpc) is 2.67. The van der Waals surface area contributed by atoms with Crippen molar-refractivity contribution < 1.29 is 19.5 Å². The summed E-state index contributed by atoms with van der Waals surface area (Å²) < 4.78 is 0. The van der Waals surface area contributed by atoms with E-state index in [0.717, 1.165) is 0 Å². The van der Waals surface area contributed by atoms with Gasteiger partial charge in [-0.25, -0.2) is 4.79 Å². The third-order valence-corrected chi connectivity index (χ3v) is 4.18. The van der Waals surface area contributed by atoms with Crippen LogP contribution in [0.2, 0.25) is 0 Å². The van der Waals surface area contributed by atoms with Crippen LogP contribution in [0, 0.1) is 0 Å². The molecule has 0 radical (unpaired) electrons. The largest absolute Gasteiger partial charge is 0.478 e. The molecule has 2 aromatic carbocycles. The van der Waals surface area contributed by atoms with Gasteiger partial charge in [-0.2, -0.15) is 0 Å². The van der Waals surface area contributed by atoms with E-state index >= 15 is 0 Å². The van der Waals surface area contributed by atoms with E-state index in [1.807, 2.05) is 6.07 Å². The van der Waals surface area contributed by atoms with E-state index in [1.54, 1.807) is 36.4 Å². The Morgan fingerprint density at radius 1 is 1.04 bits per heavy atom. The summed E-state index contributed by atoms with van der Waals surface area (Å²) in [6.07, 6.45) is 1.69. The minimum Gasteiger partial charge on any atom is -0.478 e. The van der Waals surface area contributed by atoms with Crippen LogP contribution in [0.25, 0.3) is 10.9 Å². The fraction of sp³-hybridized carbons (Fsp3) is 0.100. The highest BCUT2D eigenvalue weighted by Crippen LogP contribution is 2.16. The van der Waals surface area contributed by atoms with E-state index in [2.05, 4.69) is 10.3 Å². The van der Waals surface area contributed by atoms with Crippen LogP contribution in [0.4, 0.5) is 0 Å². The number of hydrogen-bond donors (Lipinski definition) is 3. The lowest BCUT2D eigenvalue weighted by molar-refractivity contribution is -0.119. The number of hydrogen-bond acceptors (Lipinski definition) is 4. The van der Waals surface area contributed by atoms with Crippen molar-refractivity contribution in [3.63, 3.8) is 0 Å². The van der Waals surface area contributed by atoms with Gasteiger partial charge >= 0.3 is 5.97 Å². The van der Waals surface area contributed by atoms with Crippen LogP contribution in [0.1, 0.15) is 26.3 Å². The van der Waals surface area contributed by atoms with Gasteiger partial charge in [0, 0.05) is 18.0 Å². The highest BCUT2D eigenvalue weighted by Gasteiger charge is 2.21. The molecule has 0 aliphatic heterocycles. The zero-order chi connectivity index (χ0) is 19.4. The molecule has 136 valence electrons. The predicted octanol–water partition coefficient (Wildman–Crippen LogP) is 1.76. The fourth-order valence-electron chi connectivity index (χ4n) is 2.77. The topological polar surface area (TPSA) is 122 Å². The number of carboxylic acid groups (broad SMARTS) is 1. The molecule has 3 aromatic rings. The molecule has 0 unspecified atom stereocenters. The van der Waals surface area contributed by atoms with Crippen molar-refractivity contribution in [3.05, 3.63) is 77.5 Å². The van der Waals surface area contributed by atoms with Gasteiger partial charge < -0.3 is 16.2 Å². The molecule has 4 N–H and O–H groups in total. The molecule has 1 aromatic heterocycles. The SMILES string of the molecule is NC(=O)[C@H](Cc1ccc(C(=O)O)cc1)NC(=O)c1ccnc2ccccc12. The molecule has 7 heteroatoms. The van der Waals surface area contributed by atoms with Crippen LogP contribution in [0.15, 0.2) is 60.8 Å². The third kappa shape index (κ3) is 4.09. The molecule has 0 bridgehead atoms. The maximum atomic E-state index is 12.7. The Balaban J connectivity index is 1.80. The molecule has 2 amide bonds. The summed E-state index contributed by atoms with van der Waals surface area (Å²) in [6, 6.07) is 13.9. The van der Waals surface area contributed by atoms with Gasteiger partial charge in [0.2, 0.25) is 5.91 Å². The van der Waals surface area contributed by atoms with E-state index in [-0.39, 0.29) is 12.0 Å². The first-order valence-electron chi connectivity index (χ1n) is 8.22. The highest BCUT2D eigenvalue weighted by molar-refractivity contribution is 6.07. The Morgan fingerprint density at radius 3 is 2.41 bits per heavy atom. The van der Waals surface area contributed by atoms with Crippen LogP contribution >= 0.6 is 0 Å². The van der Waals surface area contributed by atoms with Crippen molar-refractivity contribution in [1.29, 1.82) is 0 Å². The van der Waals surface area contributed by atoms with E-state index in [4.69, 9.17) is 10.8 Å². The molecule has 0 aliphatic rings. The quantitative estimate of drug-likeness (QED) is 0.616. The fourth-order valence-corrected chi connectivity index (χ4v) is 2.77. The summed E-state index contributed by atoms with van der Waals surface area (Å²) >= 11 is 0. The molecular weight excluding hydrogens is 346 g/mol. The maximum Gasteiger partial charge on any atom is 0.335 e. The molecule has 27 heavy (non-hydrogen) atoms. The van der Waals surface area contributed by atoms with Gasteiger partial charge in [0.05, 0.1) is 16.6 Å². The lowest BCUT2D eigenvalue weighted by atomic mass is 10.0. The monoisotopic (exact) mass is 363 g/mol. The number of primary amides is 1. The lowest BCUT2D eigenvalue weighted by Gasteiger charge is -2.16. The summed E-state index contributed by atoms with van der Waals surface area (Å²) in [6.45, 7) is 0. The number of rotatable bonds is 6. The molecule has 0 saturated heterocycles. The van der Waals surface area contributed by atoms with Crippen LogP contribution in [-0.4, -0.2) is 33.9 Å². The number of para-hydroxylation sites is 1. The number of aromatic carboxylic acids is 1. The van der Waals surface area contributed by atoms with Gasteiger partial charge in [0.15, 0.2) is 0 Å². The maximum absolute atomic E-state index is 12.7. The van der Waals surface area contributed by atoms with E-state index in [0.29, 0.717) is 22.0 Å². The Morgan fingerprint density at radius 2 is 1.74 bits per heavy atom. The van der Waals surface area contributed by atoms with Gasteiger partial charge in [-0.05, 0) is 29.8 Å². The number of carbonyl (C=O) groups is 3. The molecule has 1 heterocycles. The van der Waals surface area contributed by atoms with Gasteiger partial charge in [-0.1, -0.05) is 30.3 Å². The standard InChI is InChI=1S/C20H17N3O4/c21-18(24)17(11-12-5-7-13(8-6-12)20(26)27)23-19(25)15-9-10-22-16-4-2-1-3-14(15)16/h1-10,17H,11H2,(H2,21,24)(H,23,25)(H,26,27)/t17-/m0/s1. The number of nitrogens with zero attached hydrogens (tertiary/aromatic N) is 1. The number of nitrogens with one attached hydrogen (secondary N) is 1. The summed E-state index contributed by atoms with van der Waals surface area (Å²) in [5.41, 5.74) is 7.33. The summed E-state index contributed by atoms with van der Waals surface area (Å²) in [7, 11) is 0. The number of nitrogens with two attached hydrogens (primary N) is 1. The third-order valence-electron chi connectivity index (χ3n) is 4.18. The van der Waals surface area contributed by atoms with Crippen molar-refractivity contribution in [3.8, 4) is 0 Å². The van der Waals surface area contributed by atoms with Crippen molar-refractivity contribution in [1.82, 2.24) is 10.3 Å². The number of carbonyl (C=O) groups excluding carboxylic acids is 2. The second-order valence-electron chi connectivity index (χ2n) is 6.01. The van der Waals surface area contributed by atoms with Gasteiger partial charge in [0.1, 0.15) is 6.04 Å². The first kappa shape index (κ1) is 18.1. The number of pyridine rings is 1. The minimum atomic E-state index is -1.04. The van der Waals surface area contributed by atoms with E-state index < -0.39 is 23.8 Å². The zero-order valence-electron chi connectivity index (χ0n) is 14.3. The van der Waals surface area contributed by atoms with E-state index in [9.17, 15) is 14.4 Å². The Bertz CT molecular complexity index is 1010. The number of amides is 2. The first-order chi connectivity index (χ1) is 13.0. The number of carboxylic acids is 1. The molecule has 0 fully saturated rings. The zero-order valence-corrected chi connectivity index (χ0v) is 14.3. The van der Waals surface area contributed by atoms with Gasteiger partial charge in [0.25, 0.3) is 5.91 Å². The summed E-state index contributed by atoms with van der Waals surface area (Å²) in [4.78, 5) is 39.6. The second-order valence-corrected chi connectivity index (χ2v) is 6.01. The van der Waals surface area contributed by atoms with Crippen molar-refractivity contribution in [2.45, 2.75) is 12.5 Å². The second kappa shape index (κ2) is 7.65. The van der Waals surface area contributed by atoms with Crippen molar-refractivity contribution >= 4 is 28.7 Å². The summed E-state index contributed by atoms with van der Waals surface area (Å²) in [5, 5.41) is 12.3. The van der Waals surface area contributed by atoms with E-state index in [1.165, 1.54) is 18.3 Å². The molecule has 0 saturated carbocycles. The van der Waals surface area contributed by atoms with Crippen LogP contribution in [0.3, 0.4) is 0 Å². The normalized spacial score (nSPS) is 11.7. The molecule has 0 spiro atoms. The first-order valence-corrected chi connectivity index (χ1v) is 8.22. The summed E-state index contributed by atoms with van der Waals surface area (Å²) in [5.74, 6) is -2.14. The average molecular weight is 363 g/mol. The Labute approximate surface area is 154 Å². The van der Waals surface area contributed by atoms with Crippen molar-refractivity contribution in [2.75, 3.05) is 0 Å². The molecular formula is C20H17N3O4. The predicted molar refractivity (Wildman–Crippen MR) is 99.3 cm³/mol. The van der Waals surface area contributed by atoms with Crippen LogP contribution in [-0.2, 0) is 11.2 Å². The van der Waals surface area contributed by atoms with Gasteiger partial charge in [-0.3, -0.25) is 14.6 Å². The smallest absolute Gasteiger partial charge is 0.335 e. The van der Waals surface area contributed by atoms with Gasteiger partial charge in [-0.15, -0.1) is 0 Å². The molecule has 3 rings (SSSR count). The minimum absolute atomic E-state index is 0.140. The molecule has 1 atom stereocenters. The molecule has 0 aliphatic carbocycles. The molecule has 7 nitrogen and oxygen atoms in total. The Kier molecular flexibility index (Phi) is 5.12. The van der Waals surface area contributed by atoms with Crippen LogP contribution in [0.5, 0.6) is 0 Å².